The Kier molecular flexibility index (Phi) is 6.95. The Bertz CT molecular complexity index is 445. The average Bonchev–Trinajstić information content (AvgIpc) is 2.90. The maximum absolute atomic E-state index is 12.1. The Hall–Kier alpha value is -0.630. The minimum absolute atomic E-state index is 0.195. The molecule has 2 heterocycles. The first-order valence-electron chi connectivity index (χ1n) is 7.29. The third-order valence-corrected chi connectivity index (χ3v) is 5.33. The lowest BCUT2D eigenvalue weighted by Crippen LogP contribution is -2.49. The molecule has 2 rings (SSSR count). The van der Waals surface area contributed by atoms with E-state index in [1.165, 1.54) is 0 Å². The molecule has 1 amide bonds. The van der Waals surface area contributed by atoms with Gasteiger partial charge in [-0.15, -0.1) is 11.3 Å². The Morgan fingerprint density at radius 3 is 2.81 bits per heavy atom. The fourth-order valence-corrected chi connectivity index (χ4v) is 3.87. The highest BCUT2D eigenvalue weighted by Crippen LogP contribution is 2.16. The molecular weight excluding hydrogens is 306 g/mol. The molecule has 1 aliphatic rings. The predicted molar refractivity (Wildman–Crippen MR) is 87.7 cm³/mol. The second kappa shape index (κ2) is 8.73. The van der Waals surface area contributed by atoms with Gasteiger partial charge in [-0.25, -0.2) is 4.98 Å². The van der Waals surface area contributed by atoms with Crippen molar-refractivity contribution >= 4 is 29.0 Å². The number of aliphatic hydroxyl groups is 1. The fourth-order valence-electron chi connectivity index (χ4n) is 2.33. The lowest BCUT2D eigenvalue weighted by atomic mass is 10.3. The Morgan fingerprint density at radius 1 is 1.43 bits per heavy atom. The summed E-state index contributed by atoms with van der Waals surface area (Å²) >= 11 is 3.45. The molecular formula is C14H23N3O2S2. The summed E-state index contributed by atoms with van der Waals surface area (Å²) in [5.41, 5.74) is 1.12. The average molecular weight is 329 g/mol. The first-order valence-corrected chi connectivity index (χ1v) is 9.32. The van der Waals surface area contributed by atoms with E-state index in [4.69, 9.17) is 5.11 Å². The summed E-state index contributed by atoms with van der Waals surface area (Å²) in [6, 6.07) is 0. The van der Waals surface area contributed by atoms with Gasteiger partial charge in [-0.2, -0.15) is 11.8 Å². The van der Waals surface area contributed by atoms with E-state index in [1.807, 2.05) is 11.8 Å². The van der Waals surface area contributed by atoms with Gasteiger partial charge in [-0.1, -0.05) is 0 Å². The lowest BCUT2D eigenvalue weighted by molar-refractivity contribution is -0.132. The van der Waals surface area contributed by atoms with Gasteiger partial charge in [-0.05, 0) is 6.92 Å². The molecule has 7 heteroatoms. The first kappa shape index (κ1) is 16.7. The molecule has 0 bridgehead atoms. The Balaban J connectivity index is 1.59. The molecule has 1 fully saturated rings. The number of thiazole rings is 1. The zero-order chi connectivity index (χ0) is 15.1. The van der Waals surface area contributed by atoms with Crippen LogP contribution in [-0.4, -0.2) is 70.9 Å². The molecule has 5 nitrogen and oxygen atoms in total. The molecule has 0 aromatic carbocycles. The molecule has 0 unspecified atom stereocenters. The van der Waals surface area contributed by atoms with Crippen molar-refractivity contribution < 1.29 is 9.90 Å². The summed E-state index contributed by atoms with van der Waals surface area (Å²) in [6.07, 6.45) is 0.605. The van der Waals surface area contributed by atoms with Crippen molar-refractivity contribution in [3.8, 4) is 0 Å². The summed E-state index contributed by atoms with van der Waals surface area (Å²) in [5.74, 6) is 1.99. The molecule has 0 atom stereocenters. The van der Waals surface area contributed by atoms with Crippen LogP contribution in [0.15, 0.2) is 5.38 Å². The molecule has 0 spiro atoms. The van der Waals surface area contributed by atoms with Crippen LogP contribution in [-0.2, 0) is 10.5 Å². The van der Waals surface area contributed by atoms with Crippen LogP contribution in [0.5, 0.6) is 0 Å². The van der Waals surface area contributed by atoms with Crippen molar-refractivity contribution in [1.82, 2.24) is 14.8 Å². The second-order valence-corrected chi connectivity index (χ2v) is 7.27. The van der Waals surface area contributed by atoms with Gasteiger partial charge in [0.05, 0.1) is 17.3 Å². The Morgan fingerprint density at radius 2 is 2.19 bits per heavy atom. The number of amides is 1. The third kappa shape index (κ3) is 5.58. The van der Waals surface area contributed by atoms with Crippen LogP contribution in [0.4, 0.5) is 0 Å². The van der Waals surface area contributed by atoms with Crippen molar-refractivity contribution in [1.29, 1.82) is 0 Å². The van der Waals surface area contributed by atoms with Crippen LogP contribution in [0, 0.1) is 6.92 Å². The Labute approximate surface area is 134 Å². The molecule has 1 saturated heterocycles. The molecule has 1 aromatic rings. The van der Waals surface area contributed by atoms with Gasteiger partial charge in [0.25, 0.3) is 0 Å². The fraction of sp³-hybridized carbons (Fsp3) is 0.714. The number of carbonyl (C=O) groups excluding carboxylic acids is 1. The summed E-state index contributed by atoms with van der Waals surface area (Å²) < 4.78 is 0. The lowest BCUT2D eigenvalue weighted by Gasteiger charge is -2.34. The van der Waals surface area contributed by atoms with Gasteiger partial charge in [0.1, 0.15) is 0 Å². The largest absolute Gasteiger partial charge is 0.395 e. The van der Waals surface area contributed by atoms with E-state index in [9.17, 15) is 4.79 Å². The van der Waals surface area contributed by atoms with E-state index in [0.717, 1.165) is 48.4 Å². The zero-order valence-electron chi connectivity index (χ0n) is 12.5. The van der Waals surface area contributed by atoms with E-state index in [2.05, 4.69) is 15.3 Å². The maximum Gasteiger partial charge on any atom is 0.223 e. The molecule has 1 N–H and O–H groups in total. The normalized spacial score (nSPS) is 16.4. The number of aromatic nitrogens is 1. The molecule has 118 valence electrons. The minimum Gasteiger partial charge on any atom is -0.395 e. The first-order chi connectivity index (χ1) is 10.2. The summed E-state index contributed by atoms with van der Waals surface area (Å²) in [7, 11) is 0. The van der Waals surface area contributed by atoms with Crippen molar-refractivity contribution in [2.24, 2.45) is 0 Å². The third-order valence-electron chi connectivity index (χ3n) is 3.52. The van der Waals surface area contributed by atoms with E-state index >= 15 is 0 Å². The predicted octanol–water partition coefficient (Wildman–Crippen LogP) is 1.21. The van der Waals surface area contributed by atoms with E-state index in [0.29, 0.717) is 13.0 Å². The van der Waals surface area contributed by atoms with Gasteiger partial charge in [0.2, 0.25) is 5.91 Å². The monoisotopic (exact) mass is 329 g/mol. The van der Waals surface area contributed by atoms with Crippen LogP contribution in [0.1, 0.15) is 17.1 Å². The van der Waals surface area contributed by atoms with E-state index in [-0.39, 0.29) is 12.5 Å². The number of rotatable bonds is 7. The van der Waals surface area contributed by atoms with Crippen LogP contribution < -0.4 is 0 Å². The van der Waals surface area contributed by atoms with Crippen molar-refractivity contribution in [3.05, 3.63) is 16.1 Å². The quantitative estimate of drug-likeness (QED) is 0.762. The maximum atomic E-state index is 12.1. The van der Waals surface area contributed by atoms with Crippen LogP contribution in [0.3, 0.4) is 0 Å². The number of thioether (sulfide) groups is 1. The number of carbonyl (C=O) groups is 1. The van der Waals surface area contributed by atoms with E-state index < -0.39 is 0 Å². The molecule has 0 aliphatic carbocycles. The number of β-amino-alcohol motifs (C(OH)–C–C–N with tert-alkyl or cyclic N) is 1. The highest BCUT2D eigenvalue weighted by Gasteiger charge is 2.20. The molecule has 0 saturated carbocycles. The second-order valence-electron chi connectivity index (χ2n) is 5.11. The highest BCUT2D eigenvalue weighted by molar-refractivity contribution is 7.98. The van der Waals surface area contributed by atoms with Gasteiger partial charge in [0.15, 0.2) is 0 Å². The number of aliphatic hydroxyl groups excluding tert-OH is 1. The molecule has 0 radical (unpaired) electrons. The SMILES string of the molecule is Cc1nc(CSCCC(=O)N2CCN(CCO)CC2)cs1. The van der Waals surface area contributed by atoms with Gasteiger partial charge < -0.3 is 10.0 Å². The van der Waals surface area contributed by atoms with Gasteiger partial charge in [0, 0.05) is 56.0 Å². The smallest absolute Gasteiger partial charge is 0.223 e. The van der Waals surface area contributed by atoms with Crippen molar-refractivity contribution in [3.63, 3.8) is 0 Å². The van der Waals surface area contributed by atoms with E-state index in [1.54, 1.807) is 23.1 Å². The summed E-state index contributed by atoms with van der Waals surface area (Å²) in [4.78, 5) is 20.7. The van der Waals surface area contributed by atoms with Crippen LogP contribution >= 0.6 is 23.1 Å². The van der Waals surface area contributed by atoms with Crippen LogP contribution in [0.25, 0.3) is 0 Å². The molecule has 1 aliphatic heterocycles. The van der Waals surface area contributed by atoms with Crippen LogP contribution in [0.2, 0.25) is 0 Å². The minimum atomic E-state index is 0.195. The highest BCUT2D eigenvalue weighted by atomic mass is 32.2. The summed E-state index contributed by atoms with van der Waals surface area (Å²) in [6.45, 7) is 6.24. The number of nitrogens with zero attached hydrogens (tertiary/aromatic N) is 3. The van der Waals surface area contributed by atoms with Crippen molar-refractivity contribution in [2.75, 3.05) is 45.1 Å². The zero-order valence-corrected chi connectivity index (χ0v) is 14.1. The number of aryl methyl sites for hydroxylation is 1. The standard InChI is InChI=1S/C14H23N3O2S2/c1-12-15-13(11-21-12)10-20-9-2-14(19)17-5-3-16(4-6-17)7-8-18/h11,18H,2-10H2,1H3. The molecule has 21 heavy (non-hydrogen) atoms. The summed E-state index contributed by atoms with van der Waals surface area (Å²) in [5, 5.41) is 12.1. The molecule has 1 aromatic heterocycles. The number of piperazine rings is 1. The number of hydrogen-bond donors (Lipinski definition) is 1. The van der Waals surface area contributed by atoms with Gasteiger partial charge in [-0.3, -0.25) is 9.69 Å². The van der Waals surface area contributed by atoms with Crippen molar-refractivity contribution in [2.45, 2.75) is 19.1 Å². The topological polar surface area (TPSA) is 56.7 Å². The van der Waals surface area contributed by atoms with Gasteiger partial charge >= 0.3 is 0 Å². The number of hydrogen-bond acceptors (Lipinski definition) is 6.